The van der Waals surface area contributed by atoms with E-state index in [0.717, 1.165) is 10.7 Å². The van der Waals surface area contributed by atoms with Gasteiger partial charge in [-0.2, -0.15) is 18.3 Å². The van der Waals surface area contributed by atoms with Crippen molar-refractivity contribution in [3.05, 3.63) is 29.8 Å². The Balaban J connectivity index is 1.63. The first-order chi connectivity index (χ1) is 13.6. The average molecular weight is 412 g/mol. The number of alkyl halides is 3. The second-order valence-electron chi connectivity index (χ2n) is 7.23. The largest absolute Gasteiger partial charge is 0.477 e. The summed E-state index contributed by atoms with van der Waals surface area (Å²) in [6, 6.07) is 2.54. The zero-order valence-electron chi connectivity index (χ0n) is 16.5. The normalized spacial score (nSPS) is 15.1. The fraction of sp³-hybridized carbons (Fsp3) is 0.556. The number of ether oxygens (including phenoxy) is 1. The number of amides is 1. The van der Waals surface area contributed by atoms with Crippen LogP contribution < -0.4 is 9.64 Å². The monoisotopic (exact) mass is 412 g/mol. The Labute approximate surface area is 166 Å². The summed E-state index contributed by atoms with van der Waals surface area (Å²) in [5.74, 6) is 1.06. The van der Waals surface area contributed by atoms with Crippen LogP contribution in [0.3, 0.4) is 0 Å². The minimum Gasteiger partial charge on any atom is -0.477 e. The van der Waals surface area contributed by atoms with Crippen molar-refractivity contribution in [2.75, 3.05) is 37.7 Å². The first kappa shape index (κ1) is 20.9. The van der Waals surface area contributed by atoms with Crippen molar-refractivity contribution in [3.63, 3.8) is 0 Å². The average Bonchev–Trinajstić information content (AvgIpc) is 3.08. The zero-order valence-corrected chi connectivity index (χ0v) is 16.5. The lowest BCUT2D eigenvalue weighted by Gasteiger charge is -2.35. The molecule has 0 spiro atoms. The van der Waals surface area contributed by atoms with Crippen molar-refractivity contribution >= 4 is 11.7 Å². The predicted molar refractivity (Wildman–Crippen MR) is 98.7 cm³/mol. The third-order valence-electron chi connectivity index (χ3n) is 4.47. The summed E-state index contributed by atoms with van der Waals surface area (Å²) in [7, 11) is 1.33. The van der Waals surface area contributed by atoms with E-state index in [4.69, 9.17) is 4.74 Å². The van der Waals surface area contributed by atoms with Crippen molar-refractivity contribution in [3.8, 4) is 5.88 Å². The zero-order chi connectivity index (χ0) is 21.2. The molecule has 1 aliphatic heterocycles. The van der Waals surface area contributed by atoms with Crippen LogP contribution in [-0.4, -0.2) is 63.3 Å². The number of carbonyl (C=O) groups is 1. The quantitative estimate of drug-likeness (QED) is 0.750. The second-order valence-corrected chi connectivity index (χ2v) is 7.23. The molecule has 0 atom stereocenters. The Kier molecular flexibility index (Phi) is 5.94. The molecule has 2 aromatic rings. The molecule has 8 nitrogen and oxygen atoms in total. The van der Waals surface area contributed by atoms with E-state index in [1.54, 1.807) is 6.07 Å². The summed E-state index contributed by atoms with van der Waals surface area (Å²) in [6.45, 7) is 6.33. The van der Waals surface area contributed by atoms with Crippen molar-refractivity contribution < 1.29 is 22.7 Å². The van der Waals surface area contributed by atoms with E-state index in [1.807, 2.05) is 18.7 Å². The summed E-state index contributed by atoms with van der Waals surface area (Å²) in [6.07, 6.45) is -3.16. The highest BCUT2D eigenvalue weighted by molar-refractivity contribution is 5.93. The van der Waals surface area contributed by atoms with Gasteiger partial charge in [0, 0.05) is 45.4 Å². The van der Waals surface area contributed by atoms with Gasteiger partial charge in [-0.05, 0) is 5.92 Å². The number of nitrogens with zero attached hydrogens (tertiary/aromatic N) is 6. The van der Waals surface area contributed by atoms with Crippen LogP contribution in [0.15, 0.2) is 18.5 Å². The number of aryl methyl sites for hydroxylation is 1. The van der Waals surface area contributed by atoms with Gasteiger partial charge in [0.15, 0.2) is 5.69 Å². The van der Waals surface area contributed by atoms with Crippen molar-refractivity contribution in [1.29, 1.82) is 0 Å². The molecule has 3 rings (SSSR count). The molecule has 3 heterocycles. The Morgan fingerprint density at radius 2 is 1.86 bits per heavy atom. The summed E-state index contributed by atoms with van der Waals surface area (Å²) in [5.41, 5.74) is -1.16. The molecule has 0 unspecified atom stereocenters. The van der Waals surface area contributed by atoms with Crippen molar-refractivity contribution in [1.82, 2.24) is 24.6 Å². The minimum absolute atomic E-state index is 0.0859. The lowest BCUT2D eigenvalue weighted by Crippen LogP contribution is -2.49. The third-order valence-corrected chi connectivity index (χ3v) is 4.47. The first-order valence-electron chi connectivity index (χ1n) is 9.25. The summed E-state index contributed by atoms with van der Waals surface area (Å²) >= 11 is 0. The molecule has 29 heavy (non-hydrogen) atoms. The maximum atomic E-state index is 12.8. The molecular formula is C18H23F3N6O2. The maximum Gasteiger partial charge on any atom is 0.435 e. The molecule has 1 amide bonds. The summed E-state index contributed by atoms with van der Waals surface area (Å²) < 4.78 is 45.1. The smallest absolute Gasteiger partial charge is 0.435 e. The molecule has 1 saturated heterocycles. The van der Waals surface area contributed by atoms with E-state index < -0.39 is 17.8 Å². The molecule has 0 radical (unpaired) electrons. The molecule has 1 fully saturated rings. The second kappa shape index (κ2) is 8.26. The highest BCUT2D eigenvalue weighted by Gasteiger charge is 2.36. The van der Waals surface area contributed by atoms with E-state index in [0.29, 0.717) is 50.4 Å². The topological polar surface area (TPSA) is 76.4 Å². The molecule has 1 aliphatic rings. The van der Waals surface area contributed by atoms with Gasteiger partial charge >= 0.3 is 6.18 Å². The molecule has 0 saturated carbocycles. The van der Waals surface area contributed by atoms with Crippen LogP contribution in [0.4, 0.5) is 19.0 Å². The van der Waals surface area contributed by atoms with Gasteiger partial charge in [-0.1, -0.05) is 13.8 Å². The van der Waals surface area contributed by atoms with Crippen LogP contribution >= 0.6 is 0 Å². The molecular weight excluding hydrogens is 389 g/mol. The SMILES string of the molecule is CC(C)COc1cc(N2CCN(C(=O)c3cc(C(F)(F)F)nn3C)CC2)ncn1. The highest BCUT2D eigenvalue weighted by Crippen LogP contribution is 2.28. The molecule has 0 N–H and O–H groups in total. The van der Waals surface area contributed by atoms with Crippen LogP contribution in [0.1, 0.15) is 30.0 Å². The van der Waals surface area contributed by atoms with Gasteiger partial charge in [0.1, 0.15) is 17.8 Å². The van der Waals surface area contributed by atoms with E-state index in [9.17, 15) is 18.0 Å². The van der Waals surface area contributed by atoms with Crippen LogP contribution in [-0.2, 0) is 13.2 Å². The number of piperazine rings is 1. The Hall–Kier alpha value is -2.85. The van der Waals surface area contributed by atoms with Crippen molar-refractivity contribution in [2.24, 2.45) is 13.0 Å². The van der Waals surface area contributed by atoms with E-state index in [2.05, 4.69) is 15.1 Å². The third kappa shape index (κ3) is 4.96. The Morgan fingerprint density at radius 3 is 2.45 bits per heavy atom. The number of hydrogen-bond donors (Lipinski definition) is 0. The highest BCUT2D eigenvalue weighted by atomic mass is 19.4. The summed E-state index contributed by atoms with van der Waals surface area (Å²) in [4.78, 5) is 24.5. The number of aromatic nitrogens is 4. The summed E-state index contributed by atoms with van der Waals surface area (Å²) in [5, 5.41) is 3.40. The first-order valence-corrected chi connectivity index (χ1v) is 9.25. The van der Waals surface area contributed by atoms with Crippen LogP contribution in [0.25, 0.3) is 0 Å². The van der Waals surface area contributed by atoms with Gasteiger partial charge in [-0.15, -0.1) is 0 Å². The fourth-order valence-corrected chi connectivity index (χ4v) is 2.94. The van der Waals surface area contributed by atoms with Gasteiger partial charge in [0.05, 0.1) is 6.61 Å². The van der Waals surface area contributed by atoms with Gasteiger partial charge in [0.2, 0.25) is 5.88 Å². The standard InChI is InChI=1S/C18H23F3N6O2/c1-12(2)10-29-16-9-15(22-11-23-16)26-4-6-27(7-5-26)17(28)13-8-14(18(19,20)21)24-25(13)3/h8-9,11-12H,4-7,10H2,1-3H3. The van der Waals surface area contributed by atoms with Gasteiger partial charge < -0.3 is 14.5 Å². The Bertz CT molecular complexity index is 860. The van der Waals surface area contributed by atoms with Gasteiger partial charge in [-0.25, -0.2) is 9.97 Å². The predicted octanol–water partition coefficient (Wildman–Crippen LogP) is 2.23. The Morgan fingerprint density at radius 1 is 1.17 bits per heavy atom. The number of anilines is 1. The lowest BCUT2D eigenvalue weighted by atomic mass is 10.2. The maximum absolute atomic E-state index is 12.8. The van der Waals surface area contributed by atoms with E-state index in [-0.39, 0.29) is 5.69 Å². The van der Waals surface area contributed by atoms with E-state index in [1.165, 1.54) is 18.3 Å². The molecule has 0 bridgehead atoms. The number of rotatable bonds is 5. The molecule has 0 aliphatic carbocycles. The molecule has 11 heteroatoms. The number of carbonyl (C=O) groups excluding carboxylic acids is 1. The lowest BCUT2D eigenvalue weighted by molar-refractivity contribution is -0.141. The van der Waals surface area contributed by atoms with E-state index >= 15 is 0 Å². The van der Waals surface area contributed by atoms with Crippen LogP contribution in [0.2, 0.25) is 0 Å². The van der Waals surface area contributed by atoms with Crippen LogP contribution in [0, 0.1) is 5.92 Å². The molecule has 2 aromatic heterocycles. The van der Waals surface area contributed by atoms with Gasteiger partial charge in [-0.3, -0.25) is 9.48 Å². The number of hydrogen-bond acceptors (Lipinski definition) is 6. The van der Waals surface area contributed by atoms with Crippen molar-refractivity contribution in [2.45, 2.75) is 20.0 Å². The minimum atomic E-state index is -4.59. The molecule has 158 valence electrons. The van der Waals surface area contributed by atoms with Crippen LogP contribution in [0.5, 0.6) is 5.88 Å². The number of halogens is 3. The molecule has 0 aromatic carbocycles. The van der Waals surface area contributed by atoms with Gasteiger partial charge in [0.25, 0.3) is 5.91 Å². The fourth-order valence-electron chi connectivity index (χ4n) is 2.94.